The van der Waals surface area contributed by atoms with Crippen LogP contribution in [0.4, 0.5) is 0 Å². The largest absolute Gasteiger partial charge is 0.393 e. The number of hydrogen-bond acceptors (Lipinski definition) is 2. The van der Waals surface area contributed by atoms with E-state index in [2.05, 4.69) is 69.2 Å². The molecule has 174 valence electrons. The third-order valence-corrected chi connectivity index (χ3v) is 7.64. The minimum atomic E-state index is -0.239. The van der Waals surface area contributed by atoms with E-state index in [1.807, 2.05) is 0 Å². The van der Waals surface area contributed by atoms with Gasteiger partial charge in [-0.25, -0.2) is 0 Å². The molecule has 0 aliphatic heterocycles. The van der Waals surface area contributed by atoms with Crippen molar-refractivity contribution in [3.8, 4) is 0 Å². The second-order valence-electron chi connectivity index (χ2n) is 13.5. The van der Waals surface area contributed by atoms with Gasteiger partial charge in [-0.05, 0) is 107 Å². The van der Waals surface area contributed by atoms with Crippen LogP contribution in [-0.2, 0) is 4.74 Å². The number of rotatable bonds is 10. The maximum atomic E-state index is 10.4. The van der Waals surface area contributed by atoms with Crippen molar-refractivity contribution in [1.82, 2.24) is 0 Å². The van der Waals surface area contributed by atoms with Crippen molar-refractivity contribution in [2.24, 2.45) is 28.1 Å². The molecule has 1 atom stereocenters. The molecule has 1 aliphatic rings. The Morgan fingerprint density at radius 2 is 1.24 bits per heavy atom. The fourth-order valence-corrected chi connectivity index (χ4v) is 4.93. The highest BCUT2D eigenvalue weighted by atomic mass is 16.5. The Morgan fingerprint density at radius 1 is 0.724 bits per heavy atom. The maximum absolute atomic E-state index is 10.4. The van der Waals surface area contributed by atoms with E-state index >= 15 is 0 Å². The molecule has 0 radical (unpaired) electrons. The first kappa shape index (κ1) is 27.0. The first-order valence-electron chi connectivity index (χ1n) is 12.3. The van der Waals surface area contributed by atoms with Crippen LogP contribution in [0.15, 0.2) is 0 Å². The predicted molar refractivity (Wildman–Crippen MR) is 127 cm³/mol. The molecule has 1 saturated carbocycles. The van der Waals surface area contributed by atoms with Gasteiger partial charge < -0.3 is 9.84 Å². The Balaban J connectivity index is 2.38. The summed E-state index contributed by atoms with van der Waals surface area (Å²) >= 11 is 0. The third-order valence-electron chi connectivity index (χ3n) is 7.64. The van der Waals surface area contributed by atoms with Crippen LogP contribution in [0.3, 0.4) is 0 Å². The Bertz CT molecular complexity index is 456. The third kappa shape index (κ3) is 10.7. The lowest BCUT2D eigenvalue weighted by Gasteiger charge is -2.44. The van der Waals surface area contributed by atoms with E-state index in [0.717, 1.165) is 31.1 Å². The molecule has 1 aliphatic carbocycles. The van der Waals surface area contributed by atoms with Crippen molar-refractivity contribution in [2.75, 3.05) is 6.61 Å². The summed E-state index contributed by atoms with van der Waals surface area (Å²) in [6.07, 6.45) is 10.7. The molecule has 2 nitrogen and oxygen atoms in total. The second-order valence-corrected chi connectivity index (χ2v) is 13.5. The molecule has 1 unspecified atom stereocenters. The summed E-state index contributed by atoms with van der Waals surface area (Å²) in [5.74, 6) is 1.77. The van der Waals surface area contributed by atoms with Gasteiger partial charge in [0, 0.05) is 6.61 Å². The van der Waals surface area contributed by atoms with Crippen molar-refractivity contribution in [3.63, 3.8) is 0 Å². The maximum Gasteiger partial charge on any atom is 0.0598 e. The molecule has 1 fully saturated rings. The summed E-state index contributed by atoms with van der Waals surface area (Å²) in [5, 5.41) is 10.4. The minimum absolute atomic E-state index is 0.114. The summed E-state index contributed by atoms with van der Waals surface area (Å²) in [6.45, 7) is 23.9. The van der Waals surface area contributed by atoms with Gasteiger partial charge in [-0.1, -0.05) is 48.5 Å². The van der Waals surface area contributed by atoms with E-state index in [1.54, 1.807) is 0 Å². The van der Waals surface area contributed by atoms with E-state index < -0.39 is 0 Å². The second kappa shape index (κ2) is 10.5. The summed E-state index contributed by atoms with van der Waals surface area (Å²) in [6, 6.07) is 0. The van der Waals surface area contributed by atoms with Crippen LogP contribution < -0.4 is 0 Å². The van der Waals surface area contributed by atoms with Crippen LogP contribution in [0.2, 0.25) is 0 Å². The van der Waals surface area contributed by atoms with Gasteiger partial charge in [-0.15, -0.1) is 0 Å². The van der Waals surface area contributed by atoms with E-state index in [4.69, 9.17) is 4.74 Å². The smallest absolute Gasteiger partial charge is 0.0598 e. The van der Waals surface area contributed by atoms with E-state index in [-0.39, 0.29) is 11.7 Å². The Kier molecular flexibility index (Phi) is 9.75. The van der Waals surface area contributed by atoms with E-state index in [1.165, 1.54) is 38.5 Å². The quantitative estimate of drug-likeness (QED) is 0.395. The highest BCUT2D eigenvalue weighted by Gasteiger charge is 2.37. The molecule has 1 rings (SSSR count). The van der Waals surface area contributed by atoms with Crippen LogP contribution in [0.5, 0.6) is 0 Å². The minimum Gasteiger partial charge on any atom is -0.393 e. The Hall–Kier alpha value is -0.0800. The van der Waals surface area contributed by atoms with Gasteiger partial charge in [-0.3, -0.25) is 0 Å². The summed E-state index contributed by atoms with van der Waals surface area (Å²) in [4.78, 5) is 0. The SMILES string of the molecule is CC(C)(CCC(O)CCOC(C)(C)C)CCC(C)(C)C1CCC(C(C)(C)C)CC1. The van der Waals surface area contributed by atoms with Crippen LogP contribution in [0, 0.1) is 28.1 Å². The topological polar surface area (TPSA) is 29.5 Å². The average Bonchev–Trinajstić information content (AvgIpc) is 2.57. The molecular formula is C27H54O2. The number of aliphatic hydroxyl groups is 1. The zero-order chi connectivity index (χ0) is 22.5. The molecule has 0 spiro atoms. The lowest BCUT2D eigenvalue weighted by molar-refractivity contribution is -0.0205. The first-order chi connectivity index (χ1) is 13.0. The van der Waals surface area contributed by atoms with Gasteiger partial charge in [0.05, 0.1) is 11.7 Å². The van der Waals surface area contributed by atoms with Crippen molar-refractivity contribution < 1.29 is 9.84 Å². The lowest BCUT2D eigenvalue weighted by atomic mass is 9.62. The zero-order valence-electron chi connectivity index (χ0n) is 21.7. The van der Waals surface area contributed by atoms with Crippen LogP contribution in [0.25, 0.3) is 0 Å². The number of ether oxygens (including phenoxy) is 1. The molecule has 0 aromatic carbocycles. The lowest BCUT2D eigenvalue weighted by Crippen LogP contribution is -2.33. The van der Waals surface area contributed by atoms with Gasteiger partial charge in [0.25, 0.3) is 0 Å². The molecular weight excluding hydrogens is 356 g/mol. The van der Waals surface area contributed by atoms with Crippen molar-refractivity contribution in [1.29, 1.82) is 0 Å². The fraction of sp³-hybridized carbons (Fsp3) is 1.00. The van der Waals surface area contributed by atoms with E-state index in [0.29, 0.717) is 22.9 Å². The highest BCUT2D eigenvalue weighted by molar-refractivity contribution is 4.88. The molecule has 0 aromatic rings. The molecule has 0 bridgehead atoms. The Morgan fingerprint density at radius 3 is 1.72 bits per heavy atom. The highest BCUT2D eigenvalue weighted by Crippen LogP contribution is 2.48. The van der Waals surface area contributed by atoms with E-state index in [9.17, 15) is 5.11 Å². The summed E-state index contributed by atoms with van der Waals surface area (Å²) in [7, 11) is 0. The average molecular weight is 411 g/mol. The van der Waals surface area contributed by atoms with Crippen molar-refractivity contribution >= 4 is 0 Å². The molecule has 0 heterocycles. The van der Waals surface area contributed by atoms with Gasteiger partial charge >= 0.3 is 0 Å². The molecule has 0 saturated heterocycles. The number of aliphatic hydroxyl groups excluding tert-OH is 1. The normalized spacial score (nSPS) is 23.3. The van der Waals surface area contributed by atoms with Crippen LogP contribution in [-0.4, -0.2) is 23.4 Å². The van der Waals surface area contributed by atoms with Crippen LogP contribution >= 0.6 is 0 Å². The Labute approximate surface area is 183 Å². The molecule has 29 heavy (non-hydrogen) atoms. The molecule has 0 aromatic heterocycles. The van der Waals surface area contributed by atoms with Gasteiger partial charge in [-0.2, -0.15) is 0 Å². The molecule has 0 amide bonds. The monoisotopic (exact) mass is 410 g/mol. The first-order valence-corrected chi connectivity index (χ1v) is 12.3. The molecule has 1 N–H and O–H groups in total. The standard InChI is InChI=1S/C27H54O2/c1-24(2,3)21-11-13-22(14-12-21)27(9,10)19-18-26(7,8)17-15-23(28)16-20-29-25(4,5)6/h21-23,28H,11-20H2,1-10H3. The molecule has 2 heteroatoms. The predicted octanol–water partition coefficient (Wildman–Crippen LogP) is 8.02. The van der Waals surface area contributed by atoms with Crippen molar-refractivity contribution in [3.05, 3.63) is 0 Å². The fourth-order valence-electron chi connectivity index (χ4n) is 4.93. The zero-order valence-corrected chi connectivity index (χ0v) is 21.7. The van der Waals surface area contributed by atoms with Gasteiger partial charge in [0.2, 0.25) is 0 Å². The van der Waals surface area contributed by atoms with Gasteiger partial charge in [0.15, 0.2) is 0 Å². The van der Waals surface area contributed by atoms with Crippen molar-refractivity contribution in [2.45, 2.75) is 139 Å². The summed E-state index contributed by atoms with van der Waals surface area (Å²) < 4.78 is 5.76. The van der Waals surface area contributed by atoms with Gasteiger partial charge in [0.1, 0.15) is 0 Å². The summed E-state index contributed by atoms with van der Waals surface area (Å²) in [5.41, 5.74) is 1.08. The number of hydrogen-bond donors (Lipinski definition) is 1. The van der Waals surface area contributed by atoms with Crippen LogP contribution in [0.1, 0.15) is 127 Å².